The van der Waals surface area contributed by atoms with E-state index in [2.05, 4.69) is 21.5 Å². The van der Waals surface area contributed by atoms with Gasteiger partial charge < -0.3 is 9.64 Å². The van der Waals surface area contributed by atoms with Crippen LogP contribution in [0.25, 0.3) is 0 Å². The van der Waals surface area contributed by atoms with Gasteiger partial charge in [0, 0.05) is 13.6 Å². The highest BCUT2D eigenvalue weighted by Crippen LogP contribution is 2.23. The molecule has 0 saturated heterocycles. The fourth-order valence-corrected chi connectivity index (χ4v) is 3.50. The van der Waals surface area contributed by atoms with E-state index in [0.29, 0.717) is 11.6 Å². The quantitative estimate of drug-likeness (QED) is 0.778. The largest absolute Gasteiger partial charge is 0.496 e. The molecule has 0 aliphatic rings. The van der Waals surface area contributed by atoms with Crippen LogP contribution in [0.4, 0.5) is 11.5 Å². The summed E-state index contributed by atoms with van der Waals surface area (Å²) in [4.78, 5) is 6.49. The lowest BCUT2D eigenvalue weighted by atomic mass is 10.2. The molecule has 0 unspecified atom stereocenters. The third kappa shape index (κ3) is 4.85. The minimum Gasteiger partial charge on any atom is -0.496 e. The van der Waals surface area contributed by atoms with Crippen molar-refractivity contribution in [3.05, 3.63) is 42.1 Å². The Kier molecular flexibility index (Phi) is 6.25. The number of ether oxygens (including phenoxy) is 1. The van der Waals surface area contributed by atoms with E-state index in [9.17, 15) is 8.42 Å². The number of anilines is 2. The van der Waals surface area contributed by atoms with Crippen molar-refractivity contribution in [2.24, 2.45) is 0 Å². The molecule has 6 nitrogen and oxygen atoms in total. The average molecular weight is 363 g/mol. The van der Waals surface area contributed by atoms with Crippen molar-refractivity contribution in [2.75, 3.05) is 30.3 Å². The first-order chi connectivity index (χ1) is 11.9. The zero-order valence-electron chi connectivity index (χ0n) is 15.1. The van der Waals surface area contributed by atoms with Crippen molar-refractivity contribution >= 4 is 21.5 Å². The molecule has 0 aliphatic carbocycles. The van der Waals surface area contributed by atoms with Gasteiger partial charge in [-0.1, -0.05) is 13.3 Å². The SMILES string of the molecule is CCCCN(C)c1ccc(NS(=O)(=O)c2ccc(OC)c(C)c2)nc1. The first-order valence-corrected chi connectivity index (χ1v) is 9.70. The Labute approximate surface area is 149 Å². The lowest BCUT2D eigenvalue weighted by Gasteiger charge is -2.18. The van der Waals surface area contributed by atoms with Crippen LogP contribution >= 0.6 is 0 Å². The van der Waals surface area contributed by atoms with E-state index in [1.165, 1.54) is 6.07 Å². The molecule has 0 saturated carbocycles. The molecule has 0 radical (unpaired) electrons. The topological polar surface area (TPSA) is 71.5 Å². The normalized spacial score (nSPS) is 11.2. The third-order valence-corrected chi connectivity index (χ3v) is 5.30. The third-order valence-electron chi connectivity index (χ3n) is 3.95. The Balaban J connectivity index is 2.14. The molecule has 0 bridgehead atoms. The molecular formula is C18H25N3O3S. The van der Waals surface area contributed by atoms with Crippen LogP contribution in [0.5, 0.6) is 5.75 Å². The second-order valence-electron chi connectivity index (χ2n) is 5.91. The van der Waals surface area contributed by atoms with E-state index in [1.807, 2.05) is 13.1 Å². The van der Waals surface area contributed by atoms with Gasteiger partial charge in [-0.2, -0.15) is 0 Å². The Morgan fingerprint density at radius 1 is 1.24 bits per heavy atom. The van der Waals surface area contributed by atoms with Crippen molar-refractivity contribution in [2.45, 2.75) is 31.6 Å². The number of hydrogen-bond acceptors (Lipinski definition) is 5. The molecule has 0 aliphatic heterocycles. The predicted molar refractivity (Wildman–Crippen MR) is 101 cm³/mol. The Morgan fingerprint density at radius 3 is 2.56 bits per heavy atom. The van der Waals surface area contributed by atoms with Crippen LogP contribution in [0.1, 0.15) is 25.3 Å². The number of hydrogen-bond donors (Lipinski definition) is 1. The molecule has 25 heavy (non-hydrogen) atoms. The van der Waals surface area contributed by atoms with Gasteiger partial charge in [0.15, 0.2) is 0 Å². The second kappa shape index (κ2) is 8.20. The smallest absolute Gasteiger partial charge is 0.263 e. The number of pyridine rings is 1. The minimum atomic E-state index is -3.69. The summed E-state index contributed by atoms with van der Waals surface area (Å²) < 4.78 is 32.7. The minimum absolute atomic E-state index is 0.178. The van der Waals surface area contributed by atoms with Crippen molar-refractivity contribution in [1.29, 1.82) is 0 Å². The van der Waals surface area contributed by atoms with Gasteiger partial charge in [0.1, 0.15) is 11.6 Å². The molecular weight excluding hydrogens is 338 g/mol. The van der Waals surface area contributed by atoms with Crippen LogP contribution in [0.2, 0.25) is 0 Å². The van der Waals surface area contributed by atoms with Gasteiger partial charge in [0.25, 0.3) is 10.0 Å². The van der Waals surface area contributed by atoms with Crippen LogP contribution in [0.3, 0.4) is 0 Å². The average Bonchev–Trinajstić information content (AvgIpc) is 2.59. The van der Waals surface area contributed by atoms with Crippen LogP contribution in [0.15, 0.2) is 41.4 Å². The van der Waals surface area contributed by atoms with Crippen LogP contribution in [-0.2, 0) is 10.0 Å². The zero-order chi connectivity index (χ0) is 18.4. The molecule has 1 aromatic heterocycles. The highest BCUT2D eigenvalue weighted by atomic mass is 32.2. The summed E-state index contributed by atoms with van der Waals surface area (Å²) in [5, 5.41) is 0. The maximum Gasteiger partial charge on any atom is 0.263 e. The summed E-state index contributed by atoms with van der Waals surface area (Å²) in [5.74, 6) is 0.942. The van der Waals surface area contributed by atoms with E-state index in [-0.39, 0.29) is 4.90 Å². The molecule has 1 N–H and O–H groups in total. The number of nitrogens with zero attached hydrogens (tertiary/aromatic N) is 2. The van der Waals surface area contributed by atoms with E-state index < -0.39 is 10.0 Å². The van der Waals surface area contributed by atoms with Crippen molar-refractivity contribution in [1.82, 2.24) is 4.98 Å². The van der Waals surface area contributed by atoms with E-state index in [4.69, 9.17) is 4.74 Å². The lowest BCUT2D eigenvalue weighted by molar-refractivity contribution is 0.411. The summed E-state index contributed by atoms with van der Waals surface area (Å²) in [6.45, 7) is 4.89. The molecule has 2 rings (SSSR count). The van der Waals surface area contributed by atoms with E-state index >= 15 is 0 Å². The molecule has 2 aromatic rings. The van der Waals surface area contributed by atoms with Crippen molar-refractivity contribution in [3.8, 4) is 5.75 Å². The monoisotopic (exact) mass is 363 g/mol. The Hall–Kier alpha value is -2.28. The van der Waals surface area contributed by atoms with Gasteiger partial charge in [-0.25, -0.2) is 13.4 Å². The van der Waals surface area contributed by atoms with E-state index in [0.717, 1.165) is 30.6 Å². The number of aromatic nitrogens is 1. The first kappa shape index (κ1) is 19.1. The van der Waals surface area contributed by atoms with Crippen LogP contribution < -0.4 is 14.4 Å². The standard InChI is InChI=1S/C18H25N3O3S/c1-5-6-11-21(3)15-7-10-18(19-13-15)20-25(22,23)16-8-9-17(24-4)14(2)12-16/h7-10,12-13H,5-6,11H2,1-4H3,(H,19,20). The Morgan fingerprint density at radius 2 is 2.00 bits per heavy atom. The lowest BCUT2D eigenvalue weighted by Crippen LogP contribution is -2.19. The predicted octanol–water partition coefficient (Wildman–Crippen LogP) is 3.44. The maximum atomic E-state index is 12.5. The molecule has 1 heterocycles. The number of sulfonamides is 1. The molecule has 0 fully saturated rings. The van der Waals surface area contributed by atoms with Gasteiger partial charge >= 0.3 is 0 Å². The second-order valence-corrected chi connectivity index (χ2v) is 7.60. The van der Waals surface area contributed by atoms with Crippen LogP contribution in [-0.4, -0.2) is 34.1 Å². The van der Waals surface area contributed by atoms with Crippen molar-refractivity contribution < 1.29 is 13.2 Å². The van der Waals surface area contributed by atoms with Crippen molar-refractivity contribution in [3.63, 3.8) is 0 Å². The Bertz CT molecular complexity index is 805. The highest BCUT2D eigenvalue weighted by Gasteiger charge is 2.16. The van der Waals surface area contributed by atoms with Gasteiger partial charge in [0.05, 0.1) is 23.9 Å². The van der Waals surface area contributed by atoms with Gasteiger partial charge in [0.2, 0.25) is 0 Å². The maximum absolute atomic E-state index is 12.5. The number of unbranched alkanes of at least 4 members (excludes halogenated alkanes) is 1. The molecule has 0 amide bonds. The summed E-state index contributed by atoms with van der Waals surface area (Å²) in [5.41, 5.74) is 1.71. The summed E-state index contributed by atoms with van der Waals surface area (Å²) in [7, 11) is -0.140. The summed E-state index contributed by atoms with van der Waals surface area (Å²) in [6, 6.07) is 8.27. The number of methoxy groups -OCH3 is 1. The molecule has 1 aromatic carbocycles. The molecule has 0 atom stereocenters. The van der Waals surface area contributed by atoms with Crippen LogP contribution in [0, 0.1) is 6.92 Å². The number of rotatable bonds is 8. The summed E-state index contributed by atoms with van der Waals surface area (Å²) in [6.07, 6.45) is 3.89. The molecule has 0 spiro atoms. The van der Waals surface area contributed by atoms with Gasteiger partial charge in [-0.3, -0.25) is 4.72 Å². The summed E-state index contributed by atoms with van der Waals surface area (Å²) >= 11 is 0. The van der Waals surface area contributed by atoms with Gasteiger partial charge in [-0.15, -0.1) is 0 Å². The fraction of sp³-hybridized carbons (Fsp3) is 0.389. The fourth-order valence-electron chi connectivity index (χ4n) is 2.41. The number of aryl methyl sites for hydroxylation is 1. The molecule has 136 valence electrons. The zero-order valence-corrected chi connectivity index (χ0v) is 15.9. The highest BCUT2D eigenvalue weighted by molar-refractivity contribution is 7.92. The first-order valence-electron chi connectivity index (χ1n) is 8.22. The number of nitrogens with one attached hydrogen (secondary N) is 1. The van der Waals surface area contributed by atoms with E-state index in [1.54, 1.807) is 38.4 Å². The molecule has 7 heteroatoms. The number of benzene rings is 1. The van der Waals surface area contributed by atoms with Gasteiger partial charge in [-0.05, 0) is 49.2 Å².